The molecule has 0 amide bonds. The van der Waals surface area contributed by atoms with Crippen LogP contribution in [0.3, 0.4) is 0 Å². The molecule has 1 aliphatic rings. The molecule has 4 heteroatoms. The summed E-state index contributed by atoms with van der Waals surface area (Å²) in [6.45, 7) is 9.84. The monoisotopic (exact) mass is 305 g/mol. The summed E-state index contributed by atoms with van der Waals surface area (Å²) < 4.78 is 19.0. The highest BCUT2D eigenvalue weighted by molar-refractivity contribution is 5.95. The Hall–Kier alpha value is -1.84. The van der Waals surface area contributed by atoms with E-state index in [9.17, 15) is 9.18 Å². The second-order valence-electron chi connectivity index (χ2n) is 5.97. The normalized spacial score (nSPS) is 21.5. The van der Waals surface area contributed by atoms with E-state index in [1.54, 1.807) is 13.8 Å². The maximum atomic E-state index is 14.2. The van der Waals surface area contributed by atoms with Crippen molar-refractivity contribution < 1.29 is 13.9 Å². The molecule has 1 aromatic rings. The summed E-state index contributed by atoms with van der Waals surface area (Å²) in [6, 6.07) is 4.31. The van der Waals surface area contributed by atoms with Crippen LogP contribution in [-0.4, -0.2) is 25.7 Å². The fourth-order valence-electron chi connectivity index (χ4n) is 3.26. The molecule has 0 radical (unpaired) electrons. The number of anilines is 1. The van der Waals surface area contributed by atoms with Gasteiger partial charge in [0.1, 0.15) is 0 Å². The van der Waals surface area contributed by atoms with Gasteiger partial charge in [-0.3, -0.25) is 0 Å². The van der Waals surface area contributed by atoms with Crippen LogP contribution in [0.25, 0.3) is 5.57 Å². The third-order valence-corrected chi connectivity index (χ3v) is 4.85. The lowest BCUT2D eigenvalue weighted by molar-refractivity contribution is -0.140. The number of ether oxygens (including phenoxy) is 1. The van der Waals surface area contributed by atoms with Gasteiger partial charge in [0.15, 0.2) is 0 Å². The summed E-state index contributed by atoms with van der Waals surface area (Å²) in [4.78, 5) is 13.9. The Labute approximate surface area is 131 Å². The molecule has 0 saturated carbocycles. The van der Waals surface area contributed by atoms with E-state index in [-0.39, 0.29) is 6.61 Å². The number of likely N-dealkylation sites (N-methyl/N-ethyl adjacent to an activating group) is 1. The molecule has 3 nitrogen and oxygen atoms in total. The number of hydrogen-bond acceptors (Lipinski definition) is 3. The number of benzene rings is 1. The van der Waals surface area contributed by atoms with Gasteiger partial charge in [0.25, 0.3) is 0 Å². The molecule has 120 valence electrons. The summed E-state index contributed by atoms with van der Waals surface area (Å²) >= 11 is 0. The number of halogens is 1. The molecule has 1 aliphatic heterocycles. The average Bonchev–Trinajstić information content (AvgIpc) is 2.71. The molecule has 0 spiro atoms. The molecule has 1 heterocycles. The zero-order valence-corrected chi connectivity index (χ0v) is 14.2. The number of allylic oxidation sites excluding steroid dienone is 1. The summed E-state index contributed by atoms with van der Waals surface area (Å²) in [5.41, 5.74) is 4.58. The summed E-state index contributed by atoms with van der Waals surface area (Å²) in [6.07, 6.45) is 0. The molecular weight excluding hydrogens is 281 g/mol. The third-order valence-electron chi connectivity index (χ3n) is 4.85. The number of carbonyl (C=O) groups excluding carboxylic acids is 1. The van der Waals surface area contributed by atoms with Crippen molar-refractivity contribution in [3.8, 4) is 0 Å². The zero-order valence-electron chi connectivity index (χ0n) is 14.2. The summed E-state index contributed by atoms with van der Waals surface area (Å²) in [5.74, 6) is -1.33. The van der Waals surface area contributed by atoms with Crippen LogP contribution in [0.1, 0.15) is 50.3 Å². The molecule has 0 aliphatic carbocycles. The van der Waals surface area contributed by atoms with Gasteiger partial charge in [-0.15, -0.1) is 0 Å². The summed E-state index contributed by atoms with van der Waals surface area (Å²) in [5, 5.41) is 0. The first kappa shape index (κ1) is 16.5. The molecule has 0 bridgehead atoms. The highest BCUT2D eigenvalue weighted by Crippen LogP contribution is 2.43. The van der Waals surface area contributed by atoms with E-state index in [2.05, 4.69) is 25.8 Å². The lowest BCUT2D eigenvalue weighted by Gasteiger charge is -2.20. The lowest BCUT2D eigenvalue weighted by Crippen LogP contribution is -2.25. The van der Waals surface area contributed by atoms with Crippen molar-refractivity contribution in [2.24, 2.45) is 0 Å². The smallest absolute Gasteiger partial charge is 0.367 e. The topological polar surface area (TPSA) is 29.5 Å². The Morgan fingerprint density at radius 3 is 2.59 bits per heavy atom. The SMILES string of the molecule is CCOC(=O)/C(F)=C(/C)c1ccc2c(c1C)C(C)C(C)N2C. The van der Waals surface area contributed by atoms with Gasteiger partial charge in [-0.25, -0.2) is 4.79 Å². The van der Waals surface area contributed by atoms with Gasteiger partial charge in [-0.2, -0.15) is 4.39 Å². The van der Waals surface area contributed by atoms with Gasteiger partial charge in [0.05, 0.1) is 6.61 Å². The Kier molecular flexibility index (Phi) is 4.59. The zero-order chi connectivity index (χ0) is 16.6. The highest BCUT2D eigenvalue weighted by atomic mass is 19.1. The Morgan fingerprint density at radius 1 is 1.36 bits per heavy atom. The van der Waals surface area contributed by atoms with Crippen molar-refractivity contribution in [2.45, 2.75) is 46.6 Å². The first-order chi connectivity index (χ1) is 10.3. The molecule has 0 fully saturated rings. The molecule has 1 aromatic carbocycles. The highest BCUT2D eigenvalue weighted by Gasteiger charge is 2.32. The molecule has 2 unspecified atom stereocenters. The van der Waals surface area contributed by atoms with Crippen molar-refractivity contribution in [2.75, 3.05) is 18.6 Å². The van der Waals surface area contributed by atoms with Gasteiger partial charge in [0, 0.05) is 24.7 Å². The van der Waals surface area contributed by atoms with E-state index in [0.717, 1.165) is 11.1 Å². The van der Waals surface area contributed by atoms with Gasteiger partial charge >= 0.3 is 5.97 Å². The molecular formula is C18H24FNO2. The molecule has 0 N–H and O–H groups in total. The Balaban J connectivity index is 2.52. The van der Waals surface area contributed by atoms with Crippen molar-refractivity contribution in [3.63, 3.8) is 0 Å². The maximum absolute atomic E-state index is 14.2. The van der Waals surface area contributed by atoms with Gasteiger partial charge in [-0.05, 0) is 56.0 Å². The van der Waals surface area contributed by atoms with Crippen molar-refractivity contribution in [1.29, 1.82) is 0 Å². The molecule has 2 rings (SSSR count). The van der Waals surface area contributed by atoms with Crippen molar-refractivity contribution >= 4 is 17.2 Å². The van der Waals surface area contributed by atoms with Crippen molar-refractivity contribution in [1.82, 2.24) is 0 Å². The summed E-state index contributed by atoms with van der Waals surface area (Å²) in [7, 11) is 2.08. The quantitative estimate of drug-likeness (QED) is 0.619. The second kappa shape index (κ2) is 6.11. The van der Waals surface area contributed by atoms with Crippen LogP contribution >= 0.6 is 0 Å². The van der Waals surface area contributed by atoms with Gasteiger partial charge in [0.2, 0.25) is 5.83 Å². The largest absolute Gasteiger partial charge is 0.461 e. The molecule has 22 heavy (non-hydrogen) atoms. The van der Waals surface area contributed by atoms with Crippen LogP contribution in [0.2, 0.25) is 0 Å². The van der Waals surface area contributed by atoms with E-state index in [1.807, 2.05) is 19.1 Å². The number of nitrogens with zero attached hydrogens (tertiary/aromatic N) is 1. The predicted molar refractivity (Wildman–Crippen MR) is 87.8 cm³/mol. The number of esters is 1. The van der Waals surface area contributed by atoms with Crippen LogP contribution in [-0.2, 0) is 9.53 Å². The van der Waals surface area contributed by atoms with Gasteiger partial charge in [-0.1, -0.05) is 13.0 Å². The van der Waals surface area contributed by atoms with E-state index < -0.39 is 11.8 Å². The third kappa shape index (κ3) is 2.51. The number of carbonyl (C=O) groups is 1. The van der Waals surface area contributed by atoms with E-state index in [4.69, 9.17) is 4.74 Å². The Morgan fingerprint density at radius 2 is 2.00 bits per heavy atom. The van der Waals surface area contributed by atoms with E-state index >= 15 is 0 Å². The van der Waals surface area contributed by atoms with Crippen LogP contribution in [0.15, 0.2) is 18.0 Å². The lowest BCUT2D eigenvalue weighted by atomic mass is 9.89. The minimum absolute atomic E-state index is 0.169. The van der Waals surface area contributed by atoms with Crippen LogP contribution < -0.4 is 4.90 Å². The molecule has 2 atom stereocenters. The first-order valence-corrected chi connectivity index (χ1v) is 7.71. The number of hydrogen-bond donors (Lipinski definition) is 0. The van der Waals surface area contributed by atoms with Crippen molar-refractivity contribution in [3.05, 3.63) is 34.6 Å². The fourth-order valence-corrected chi connectivity index (χ4v) is 3.26. The maximum Gasteiger partial charge on any atom is 0.367 e. The fraction of sp³-hybridized carbons (Fsp3) is 0.500. The molecule has 0 aromatic heterocycles. The Bertz CT molecular complexity index is 636. The molecule has 0 saturated heterocycles. The van der Waals surface area contributed by atoms with Crippen LogP contribution in [0, 0.1) is 6.92 Å². The van der Waals surface area contributed by atoms with Crippen LogP contribution in [0.4, 0.5) is 10.1 Å². The number of fused-ring (bicyclic) bond motifs is 1. The average molecular weight is 305 g/mol. The first-order valence-electron chi connectivity index (χ1n) is 7.71. The predicted octanol–water partition coefficient (Wildman–Crippen LogP) is 4.20. The minimum Gasteiger partial charge on any atom is -0.461 e. The minimum atomic E-state index is -0.890. The number of rotatable bonds is 3. The second-order valence-corrected chi connectivity index (χ2v) is 5.97. The van der Waals surface area contributed by atoms with Gasteiger partial charge < -0.3 is 9.64 Å². The van der Waals surface area contributed by atoms with E-state index in [1.165, 1.54) is 11.3 Å². The van der Waals surface area contributed by atoms with E-state index in [0.29, 0.717) is 17.5 Å². The standard InChI is InChI=1S/C18H24FNO2/c1-7-22-18(21)17(19)12(4)14-8-9-15-16(11(14)3)10(2)13(5)20(15)6/h8-10,13H,7H2,1-6H3/b17-12+. The van der Waals surface area contributed by atoms with Crippen LogP contribution in [0.5, 0.6) is 0 Å².